The fourth-order valence-electron chi connectivity index (χ4n) is 2.15. The van der Waals surface area contributed by atoms with Crippen LogP contribution in [0.15, 0.2) is 36.4 Å². The van der Waals surface area contributed by atoms with E-state index in [0.29, 0.717) is 22.3 Å². The number of ether oxygens (including phenoxy) is 4. The van der Waals surface area contributed by atoms with Gasteiger partial charge < -0.3 is 18.9 Å². The quantitative estimate of drug-likeness (QED) is 0.517. The molecule has 2 aromatic carbocycles. The van der Waals surface area contributed by atoms with E-state index in [9.17, 15) is 9.59 Å². The summed E-state index contributed by atoms with van der Waals surface area (Å²) in [6, 6.07) is 9.85. The van der Waals surface area contributed by atoms with E-state index >= 15 is 0 Å². The van der Waals surface area contributed by atoms with Gasteiger partial charge in [-0.2, -0.15) is 0 Å². The third-order valence-corrected chi connectivity index (χ3v) is 3.98. The zero-order valence-corrected chi connectivity index (χ0v) is 15.5. The highest BCUT2D eigenvalue weighted by atomic mass is 35.5. The van der Waals surface area contributed by atoms with Gasteiger partial charge in [-0.25, -0.2) is 4.79 Å². The number of ketones is 1. The Hall–Kier alpha value is -2.73. The van der Waals surface area contributed by atoms with Gasteiger partial charge in [-0.1, -0.05) is 11.6 Å². The van der Waals surface area contributed by atoms with Crippen molar-refractivity contribution in [2.75, 3.05) is 27.4 Å². The lowest BCUT2D eigenvalue weighted by Crippen LogP contribution is -2.20. The molecule has 7 heteroatoms. The highest BCUT2D eigenvalue weighted by Gasteiger charge is 2.16. The van der Waals surface area contributed by atoms with Gasteiger partial charge in [-0.05, 0) is 48.9 Å². The van der Waals surface area contributed by atoms with Crippen LogP contribution >= 0.6 is 11.6 Å². The Morgan fingerprint density at radius 1 is 0.962 bits per heavy atom. The summed E-state index contributed by atoms with van der Waals surface area (Å²) in [5.41, 5.74) is 1.10. The fourth-order valence-corrected chi connectivity index (χ4v) is 2.26. The highest BCUT2D eigenvalue weighted by Crippen LogP contribution is 2.24. The van der Waals surface area contributed by atoms with E-state index in [1.54, 1.807) is 30.3 Å². The molecule has 0 saturated heterocycles. The average Bonchev–Trinajstić information content (AvgIpc) is 2.66. The van der Waals surface area contributed by atoms with Crippen LogP contribution < -0.4 is 14.2 Å². The monoisotopic (exact) mass is 378 g/mol. The molecule has 2 aromatic rings. The van der Waals surface area contributed by atoms with Gasteiger partial charge in [-0.3, -0.25) is 4.79 Å². The molecule has 0 spiro atoms. The Labute approximate surface area is 156 Å². The fraction of sp³-hybridized carbons (Fsp3) is 0.263. The minimum absolute atomic E-state index is 0.272. The lowest BCUT2D eigenvalue weighted by Gasteiger charge is -2.10. The van der Waals surface area contributed by atoms with Crippen LogP contribution in [0.4, 0.5) is 0 Å². The molecular weight excluding hydrogens is 360 g/mol. The van der Waals surface area contributed by atoms with Crippen molar-refractivity contribution < 1.29 is 28.5 Å². The zero-order valence-electron chi connectivity index (χ0n) is 14.7. The predicted octanol–water partition coefficient (Wildman–Crippen LogP) is 3.47. The number of esters is 1. The molecule has 0 saturated carbocycles. The smallest absolute Gasteiger partial charge is 0.344 e. The molecule has 0 bridgehead atoms. The average molecular weight is 379 g/mol. The number of aryl methyl sites for hydroxylation is 1. The topological polar surface area (TPSA) is 71.1 Å². The summed E-state index contributed by atoms with van der Waals surface area (Å²) in [7, 11) is 2.94. The van der Waals surface area contributed by atoms with Crippen LogP contribution in [0.5, 0.6) is 17.2 Å². The lowest BCUT2D eigenvalue weighted by atomic mass is 10.1. The predicted molar refractivity (Wildman–Crippen MR) is 96.5 cm³/mol. The second-order valence-corrected chi connectivity index (χ2v) is 5.76. The molecule has 0 fully saturated rings. The first kappa shape index (κ1) is 19.6. The standard InChI is InChI=1S/C19H19ClO6/c1-12-8-14(4-6-16(12)20)25-11-19(22)26-10-17(21)15-9-13(23-2)5-7-18(15)24-3/h4-9H,10-11H2,1-3H3. The van der Waals surface area contributed by atoms with Crippen LogP contribution in [0.25, 0.3) is 0 Å². The first-order valence-electron chi connectivity index (χ1n) is 7.74. The molecule has 0 radical (unpaired) electrons. The first-order valence-corrected chi connectivity index (χ1v) is 8.12. The summed E-state index contributed by atoms with van der Waals surface area (Å²) in [6.45, 7) is 1.09. The van der Waals surface area contributed by atoms with E-state index in [1.807, 2.05) is 6.92 Å². The number of hydrogen-bond acceptors (Lipinski definition) is 6. The van der Waals surface area contributed by atoms with Crippen molar-refractivity contribution in [2.45, 2.75) is 6.92 Å². The number of methoxy groups -OCH3 is 2. The van der Waals surface area contributed by atoms with E-state index in [0.717, 1.165) is 5.56 Å². The molecule has 0 amide bonds. The lowest BCUT2D eigenvalue weighted by molar-refractivity contribution is -0.144. The van der Waals surface area contributed by atoms with Crippen LogP contribution in [0, 0.1) is 6.92 Å². The van der Waals surface area contributed by atoms with Crippen LogP contribution in [0.1, 0.15) is 15.9 Å². The Balaban J connectivity index is 1.90. The van der Waals surface area contributed by atoms with Gasteiger partial charge in [0.05, 0.1) is 19.8 Å². The summed E-state index contributed by atoms with van der Waals surface area (Å²) < 4.78 is 20.5. The largest absolute Gasteiger partial charge is 0.497 e. The first-order chi connectivity index (χ1) is 12.4. The second-order valence-electron chi connectivity index (χ2n) is 5.35. The van der Waals surface area contributed by atoms with E-state index in [4.69, 9.17) is 30.5 Å². The molecule has 0 heterocycles. The van der Waals surface area contributed by atoms with Crippen LogP contribution in [-0.2, 0) is 9.53 Å². The molecule has 138 valence electrons. The van der Waals surface area contributed by atoms with E-state index < -0.39 is 18.4 Å². The Kier molecular flexibility index (Phi) is 6.86. The number of carbonyl (C=O) groups excluding carboxylic acids is 2. The SMILES string of the molecule is COc1ccc(OC)c(C(=O)COC(=O)COc2ccc(Cl)c(C)c2)c1. The van der Waals surface area contributed by atoms with E-state index in [2.05, 4.69) is 0 Å². The van der Waals surface area contributed by atoms with Gasteiger partial charge in [0, 0.05) is 5.02 Å². The van der Waals surface area contributed by atoms with Gasteiger partial charge in [0.1, 0.15) is 17.2 Å². The minimum Gasteiger partial charge on any atom is -0.497 e. The van der Waals surface area contributed by atoms with Crippen molar-refractivity contribution in [3.8, 4) is 17.2 Å². The van der Waals surface area contributed by atoms with Crippen LogP contribution in [0.3, 0.4) is 0 Å². The van der Waals surface area contributed by atoms with Gasteiger partial charge >= 0.3 is 5.97 Å². The third kappa shape index (κ3) is 5.13. The van der Waals surface area contributed by atoms with Crippen molar-refractivity contribution in [3.05, 3.63) is 52.5 Å². The number of carbonyl (C=O) groups is 2. The summed E-state index contributed by atoms with van der Waals surface area (Å²) in [5, 5.41) is 0.609. The van der Waals surface area contributed by atoms with Crippen molar-refractivity contribution in [1.82, 2.24) is 0 Å². The van der Waals surface area contributed by atoms with Crippen LogP contribution in [-0.4, -0.2) is 39.2 Å². The van der Waals surface area contributed by atoms with E-state index in [1.165, 1.54) is 20.3 Å². The molecule has 0 N–H and O–H groups in total. The van der Waals surface area contributed by atoms with Crippen molar-refractivity contribution in [3.63, 3.8) is 0 Å². The molecule has 6 nitrogen and oxygen atoms in total. The third-order valence-electron chi connectivity index (χ3n) is 3.56. The molecule has 0 aliphatic heterocycles. The van der Waals surface area contributed by atoms with Crippen molar-refractivity contribution in [1.29, 1.82) is 0 Å². The number of halogens is 1. The molecule has 0 atom stereocenters. The minimum atomic E-state index is -0.659. The molecular formula is C19H19ClO6. The number of rotatable bonds is 8. The van der Waals surface area contributed by atoms with Crippen molar-refractivity contribution >= 4 is 23.4 Å². The van der Waals surface area contributed by atoms with Crippen molar-refractivity contribution in [2.24, 2.45) is 0 Å². The Morgan fingerprint density at radius 3 is 2.35 bits per heavy atom. The summed E-state index contributed by atoms with van der Waals surface area (Å²) in [5.74, 6) is 0.301. The molecule has 0 aliphatic rings. The second kappa shape index (κ2) is 9.10. The normalized spacial score (nSPS) is 10.2. The van der Waals surface area contributed by atoms with Gasteiger partial charge in [0.15, 0.2) is 13.2 Å². The zero-order chi connectivity index (χ0) is 19.1. The molecule has 0 unspecified atom stereocenters. The Bertz CT molecular complexity index is 803. The molecule has 2 rings (SSSR count). The van der Waals surface area contributed by atoms with E-state index in [-0.39, 0.29) is 12.2 Å². The van der Waals surface area contributed by atoms with Gasteiger partial charge in [0.2, 0.25) is 5.78 Å². The summed E-state index contributed by atoms with van der Waals surface area (Å²) in [6.07, 6.45) is 0. The number of Topliss-reactive ketones (excluding diaryl/α,β-unsaturated/α-hetero) is 1. The van der Waals surface area contributed by atoms with Crippen LogP contribution in [0.2, 0.25) is 5.02 Å². The Morgan fingerprint density at radius 2 is 1.69 bits per heavy atom. The van der Waals surface area contributed by atoms with Gasteiger partial charge in [-0.15, -0.1) is 0 Å². The number of hydrogen-bond donors (Lipinski definition) is 0. The summed E-state index contributed by atoms with van der Waals surface area (Å²) >= 11 is 5.93. The highest BCUT2D eigenvalue weighted by molar-refractivity contribution is 6.31. The number of benzene rings is 2. The molecule has 0 aromatic heterocycles. The molecule has 26 heavy (non-hydrogen) atoms. The maximum absolute atomic E-state index is 12.3. The maximum Gasteiger partial charge on any atom is 0.344 e. The van der Waals surface area contributed by atoms with Gasteiger partial charge in [0.25, 0.3) is 0 Å². The maximum atomic E-state index is 12.3. The molecule has 0 aliphatic carbocycles. The summed E-state index contributed by atoms with van der Waals surface area (Å²) in [4.78, 5) is 24.1.